The van der Waals surface area contributed by atoms with E-state index in [0.717, 1.165) is 0 Å². The molecule has 2 rings (SSSR count). The molecule has 1 aromatic rings. The number of carboxylic acid groups (broad SMARTS) is 1. The van der Waals surface area contributed by atoms with Crippen LogP contribution in [0.5, 0.6) is 0 Å². The molecule has 16 heteroatoms. The smallest absolute Gasteiger partial charge is 0.305 e. The maximum absolute atomic E-state index is 13.6. The number of rotatable bonds is 18. The van der Waals surface area contributed by atoms with Crippen LogP contribution in [-0.2, 0) is 35.3 Å². The van der Waals surface area contributed by atoms with E-state index in [9.17, 15) is 38.7 Å². The molecule has 284 valence electrons. The van der Waals surface area contributed by atoms with E-state index in [4.69, 9.17) is 10.8 Å². The molecule has 1 aliphatic heterocycles. The molecule has 1 aliphatic rings. The highest BCUT2D eigenvalue weighted by molar-refractivity contribution is 5.99. The van der Waals surface area contributed by atoms with Gasteiger partial charge in [0.1, 0.15) is 18.1 Å². The van der Waals surface area contributed by atoms with Crippen LogP contribution >= 0.6 is 0 Å². The van der Waals surface area contributed by atoms with E-state index in [-0.39, 0.29) is 42.7 Å². The molecule has 9 N–H and O–H groups in total. The minimum Gasteiger partial charge on any atom is -0.481 e. The largest absolute Gasteiger partial charge is 0.481 e. The molecule has 0 saturated carbocycles. The normalized spacial score (nSPS) is 17.7. The number of carbonyl (C=O) groups is 7. The Balaban J connectivity index is 2.18. The summed E-state index contributed by atoms with van der Waals surface area (Å²) in [5, 5.41) is 32.3. The fraction of sp³-hybridized carbons (Fsp3) is 0.629. The Kier molecular flexibility index (Phi) is 16.0. The van der Waals surface area contributed by atoms with Gasteiger partial charge in [0.15, 0.2) is 0 Å². The summed E-state index contributed by atoms with van der Waals surface area (Å²) in [5.74, 6) is -4.84. The van der Waals surface area contributed by atoms with E-state index >= 15 is 0 Å². The van der Waals surface area contributed by atoms with Crippen LogP contribution in [0.4, 0.5) is 0 Å². The summed E-state index contributed by atoms with van der Waals surface area (Å²) < 4.78 is 0. The number of nitrogens with zero attached hydrogens (tertiary/aromatic N) is 1. The number of hydrogen-bond donors (Lipinski definition) is 8. The van der Waals surface area contributed by atoms with E-state index in [1.54, 1.807) is 30.0 Å². The summed E-state index contributed by atoms with van der Waals surface area (Å²) in [6, 6.07) is 1.66. The van der Waals surface area contributed by atoms with E-state index in [2.05, 4.69) is 26.6 Å². The van der Waals surface area contributed by atoms with Crippen LogP contribution < -0.4 is 32.3 Å². The minimum absolute atomic E-state index is 0.0492. The summed E-state index contributed by atoms with van der Waals surface area (Å²) >= 11 is 0. The molecule has 0 aromatic heterocycles. The number of aliphatic carboxylic acids is 1. The summed E-state index contributed by atoms with van der Waals surface area (Å²) in [7, 11) is 0. The third-order valence-electron chi connectivity index (χ3n) is 8.09. The van der Waals surface area contributed by atoms with Gasteiger partial charge in [-0.3, -0.25) is 38.5 Å². The zero-order valence-corrected chi connectivity index (χ0v) is 30.6. The lowest BCUT2D eigenvalue weighted by atomic mass is 10.0. The summed E-state index contributed by atoms with van der Waals surface area (Å²) in [4.78, 5) is 90.5. The Morgan fingerprint density at radius 3 is 2.18 bits per heavy atom. The fourth-order valence-electron chi connectivity index (χ4n) is 5.92. The first kappa shape index (κ1) is 42.6. The third-order valence-corrected chi connectivity index (χ3v) is 8.09. The summed E-state index contributed by atoms with van der Waals surface area (Å²) in [6.45, 7) is 12.8. The molecule has 0 radical (unpaired) electrons. The average molecular weight is 718 g/mol. The van der Waals surface area contributed by atoms with Gasteiger partial charge in [-0.15, -0.1) is 0 Å². The second-order valence-corrected chi connectivity index (χ2v) is 14.6. The Morgan fingerprint density at radius 2 is 1.61 bits per heavy atom. The van der Waals surface area contributed by atoms with E-state index < -0.39 is 77.9 Å². The Hall–Kier alpha value is -4.57. The van der Waals surface area contributed by atoms with Gasteiger partial charge in [0, 0.05) is 17.6 Å². The number of primary amides is 1. The van der Waals surface area contributed by atoms with Gasteiger partial charge in [-0.05, 0) is 84.0 Å². The molecule has 6 atom stereocenters. The minimum atomic E-state index is -1.45. The second kappa shape index (κ2) is 19.2. The molecule has 1 heterocycles. The van der Waals surface area contributed by atoms with Crippen molar-refractivity contribution in [3.05, 3.63) is 35.4 Å². The monoisotopic (exact) mass is 717 g/mol. The number of nitrogens with two attached hydrogens (primary N) is 1. The molecule has 0 unspecified atom stereocenters. The molecule has 1 fully saturated rings. The summed E-state index contributed by atoms with van der Waals surface area (Å²) in [5.41, 5.74) is 5.47. The van der Waals surface area contributed by atoms with Gasteiger partial charge in [0.05, 0.1) is 31.0 Å². The number of aliphatic hydroxyl groups is 1. The predicted molar refractivity (Wildman–Crippen MR) is 188 cm³/mol. The van der Waals surface area contributed by atoms with Crippen LogP contribution in [0, 0.1) is 5.92 Å². The Bertz CT molecular complexity index is 1430. The lowest BCUT2D eigenvalue weighted by molar-refractivity contribution is -0.140. The first-order valence-corrected chi connectivity index (χ1v) is 17.2. The molecule has 1 saturated heterocycles. The highest BCUT2D eigenvalue weighted by Gasteiger charge is 2.42. The van der Waals surface area contributed by atoms with Crippen molar-refractivity contribution in [1.29, 1.82) is 0 Å². The highest BCUT2D eigenvalue weighted by atomic mass is 16.4. The highest BCUT2D eigenvalue weighted by Crippen LogP contribution is 2.23. The molecule has 51 heavy (non-hydrogen) atoms. The molecule has 0 spiro atoms. The van der Waals surface area contributed by atoms with Crippen molar-refractivity contribution in [2.24, 2.45) is 11.7 Å². The lowest BCUT2D eigenvalue weighted by Crippen LogP contribution is -2.62. The van der Waals surface area contributed by atoms with Gasteiger partial charge >= 0.3 is 5.97 Å². The number of aliphatic hydroxyl groups excluding tert-OH is 1. The number of nitrogens with one attached hydrogen (secondary N) is 5. The van der Waals surface area contributed by atoms with Crippen LogP contribution in [0.3, 0.4) is 0 Å². The maximum Gasteiger partial charge on any atom is 0.305 e. The van der Waals surface area contributed by atoms with Crippen molar-refractivity contribution in [3.8, 4) is 0 Å². The lowest BCUT2D eigenvalue weighted by Gasteiger charge is -2.37. The van der Waals surface area contributed by atoms with Crippen molar-refractivity contribution >= 4 is 41.4 Å². The Labute approximate surface area is 299 Å². The van der Waals surface area contributed by atoms with Crippen molar-refractivity contribution in [3.63, 3.8) is 0 Å². The molecular formula is C35H55N7O9. The SMILES string of the molecule is CC(C)C[C@H](NC(=O)c1cccc(CNC(=O)[C@@H]2CCCN2[C@H](C(=O)NC(C)(C)C)[C@H](C)NC(=O)C[C@@H](C)O)c1)C(=O)N[C@@H](CC(=O)O)C(N)=O. The van der Waals surface area contributed by atoms with Crippen molar-refractivity contribution in [1.82, 2.24) is 31.5 Å². The third kappa shape index (κ3) is 14.3. The maximum atomic E-state index is 13.6. The zero-order valence-electron chi connectivity index (χ0n) is 30.6. The number of amides is 6. The standard InChI is InChI=1S/C35H55N7O9/c1-19(2)14-25(32(49)39-24(30(36)47)17-28(45)46)40-31(48)23-11-8-10-22(16-23)18-37-33(50)26-12-9-13-42(26)29(34(51)41-35(5,6)7)21(4)38-27(44)15-20(3)43/h8,10-11,16,19-21,24-26,29,43H,9,12-15,17-18H2,1-7H3,(H2,36,47)(H,37,50)(H,38,44)(H,39,49)(H,40,48)(H,41,51)(H,45,46)/t20-,21+,24+,25+,26+,29+/m1/s1. The van der Waals surface area contributed by atoms with E-state index in [0.29, 0.717) is 24.9 Å². The number of hydrogen-bond acceptors (Lipinski definition) is 9. The van der Waals surface area contributed by atoms with Crippen LogP contribution in [-0.4, -0.2) is 105 Å². The quantitative estimate of drug-likeness (QED) is 0.100. The van der Waals surface area contributed by atoms with Crippen LogP contribution in [0.2, 0.25) is 0 Å². The van der Waals surface area contributed by atoms with Gasteiger partial charge in [0.25, 0.3) is 5.91 Å². The molecule has 16 nitrogen and oxygen atoms in total. The number of carboxylic acids is 1. The topological polar surface area (TPSA) is 249 Å². The number of benzene rings is 1. The first-order valence-electron chi connectivity index (χ1n) is 17.2. The van der Waals surface area contributed by atoms with Crippen LogP contribution in [0.1, 0.15) is 96.5 Å². The second-order valence-electron chi connectivity index (χ2n) is 14.6. The van der Waals surface area contributed by atoms with E-state index in [1.165, 1.54) is 13.0 Å². The molecular weight excluding hydrogens is 662 g/mol. The van der Waals surface area contributed by atoms with Gasteiger partial charge in [-0.2, -0.15) is 0 Å². The molecule has 6 amide bonds. The molecule has 0 aliphatic carbocycles. The molecule has 1 aromatic carbocycles. The van der Waals surface area contributed by atoms with Gasteiger partial charge in [0.2, 0.25) is 29.5 Å². The van der Waals surface area contributed by atoms with Gasteiger partial charge in [-0.1, -0.05) is 26.0 Å². The number of likely N-dealkylation sites (tertiary alicyclic amines) is 1. The van der Waals surface area contributed by atoms with Crippen LogP contribution in [0.25, 0.3) is 0 Å². The zero-order chi connectivity index (χ0) is 38.6. The van der Waals surface area contributed by atoms with Gasteiger partial charge < -0.3 is 42.5 Å². The van der Waals surface area contributed by atoms with Crippen molar-refractivity contribution in [2.45, 2.75) is 129 Å². The van der Waals surface area contributed by atoms with Crippen molar-refractivity contribution < 1.29 is 43.8 Å². The summed E-state index contributed by atoms with van der Waals surface area (Å²) in [6.07, 6.45) is -0.386. The first-order chi connectivity index (χ1) is 23.7. The van der Waals surface area contributed by atoms with Crippen molar-refractivity contribution in [2.75, 3.05) is 6.54 Å². The van der Waals surface area contributed by atoms with Gasteiger partial charge in [-0.25, -0.2) is 0 Å². The van der Waals surface area contributed by atoms with Crippen LogP contribution in [0.15, 0.2) is 24.3 Å². The Morgan fingerprint density at radius 1 is 0.941 bits per heavy atom. The predicted octanol–water partition coefficient (Wildman–Crippen LogP) is -0.0846. The molecule has 0 bridgehead atoms. The average Bonchev–Trinajstić information content (AvgIpc) is 3.46. The number of carbonyl (C=O) groups excluding carboxylic acids is 6. The van der Waals surface area contributed by atoms with E-state index in [1.807, 2.05) is 34.6 Å². The fourth-order valence-corrected chi connectivity index (χ4v) is 5.92.